The molecular weight excluding hydrogens is 429 g/mol. The molecule has 2 aromatic carbocycles. The van der Waals surface area contributed by atoms with Crippen LogP contribution < -0.4 is 4.90 Å². The highest BCUT2D eigenvalue weighted by Crippen LogP contribution is 2.28. The molecule has 7 heteroatoms. The summed E-state index contributed by atoms with van der Waals surface area (Å²) < 4.78 is 15.6. The number of aryl methyl sites for hydroxylation is 1. The van der Waals surface area contributed by atoms with Crippen molar-refractivity contribution in [2.45, 2.75) is 13.5 Å². The Morgan fingerprint density at radius 2 is 1.68 bits per heavy atom. The van der Waals surface area contributed by atoms with E-state index in [0.717, 1.165) is 41.4 Å². The van der Waals surface area contributed by atoms with Crippen LogP contribution in [0, 0.1) is 12.7 Å². The minimum absolute atomic E-state index is 0.0171. The van der Waals surface area contributed by atoms with Crippen LogP contribution in [0.25, 0.3) is 22.5 Å². The molecule has 34 heavy (non-hydrogen) atoms. The summed E-state index contributed by atoms with van der Waals surface area (Å²) in [4.78, 5) is 21.7. The number of hydrogen-bond donors (Lipinski definition) is 0. The van der Waals surface area contributed by atoms with Crippen molar-refractivity contribution in [2.24, 2.45) is 0 Å². The Morgan fingerprint density at radius 1 is 0.912 bits per heavy atom. The lowest BCUT2D eigenvalue weighted by Crippen LogP contribution is -2.49. The van der Waals surface area contributed by atoms with Crippen LogP contribution in [-0.4, -0.2) is 51.8 Å². The summed E-state index contributed by atoms with van der Waals surface area (Å²) in [7, 11) is 0. The Kier molecular flexibility index (Phi) is 6.08. The second-order valence-electron chi connectivity index (χ2n) is 8.46. The van der Waals surface area contributed by atoms with Crippen molar-refractivity contribution in [3.63, 3.8) is 0 Å². The number of piperazine rings is 1. The van der Waals surface area contributed by atoms with Gasteiger partial charge in [0.1, 0.15) is 18.2 Å². The first-order valence-corrected chi connectivity index (χ1v) is 11.4. The quantitative estimate of drug-likeness (QED) is 0.447. The molecule has 2 aromatic heterocycles. The maximum Gasteiger partial charge on any atom is 0.244 e. The largest absolute Gasteiger partial charge is 0.353 e. The first-order valence-electron chi connectivity index (χ1n) is 11.4. The molecule has 0 saturated carbocycles. The van der Waals surface area contributed by atoms with Gasteiger partial charge in [0.15, 0.2) is 0 Å². The molecule has 1 saturated heterocycles. The molecule has 0 atom stereocenters. The van der Waals surface area contributed by atoms with E-state index in [-0.39, 0.29) is 18.3 Å². The minimum Gasteiger partial charge on any atom is -0.353 e. The molecule has 0 N–H and O–H groups in total. The van der Waals surface area contributed by atoms with E-state index < -0.39 is 0 Å². The van der Waals surface area contributed by atoms with Gasteiger partial charge in [-0.1, -0.05) is 36.4 Å². The van der Waals surface area contributed by atoms with Crippen LogP contribution in [0.15, 0.2) is 79.0 Å². The molecule has 1 fully saturated rings. The van der Waals surface area contributed by atoms with E-state index >= 15 is 0 Å². The number of anilines is 1. The maximum absolute atomic E-state index is 13.9. The van der Waals surface area contributed by atoms with Gasteiger partial charge in [-0.3, -0.25) is 9.48 Å². The molecule has 0 spiro atoms. The van der Waals surface area contributed by atoms with Gasteiger partial charge < -0.3 is 9.80 Å². The molecule has 6 nitrogen and oxygen atoms in total. The summed E-state index contributed by atoms with van der Waals surface area (Å²) in [6.45, 7) is 4.61. The van der Waals surface area contributed by atoms with Crippen LogP contribution in [0.1, 0.15) is 5.56 Å². The van der Waals surface area contributed by atoms with Gasteiger partial charge in [0.05, 0.1) is 11.4 Å². The zero-order valence-corrected chi connectivity index (χ0v) is 19.1. The van der Waals surface area contributed by atoms with Gasteiger partial charge in [-0.15, -0.1) is 0 Å². The number of aromatic nitrogens is 3. The highest BCUT2D eigenvalue weighted by molar-refractivity contribution is 5.78. The van der Waals surface area contributed by atoms with Crippen LogP contribution in [0.2, 0.25) is 0 Å². The fraction of sp³-hybridized carbons (Fsp3) is 0.222. The lowest BCUT2D eigenvalue weighted by Gasteiger charge is -2.35. The molecule has 1 aliphatic heterocycles. The molecule has 4 aromatic rings. The van der Waals surface area contributed by atoms with Crippen molar-refractivity contribution in [1.29, 1.82) is 0 Å². The molecule has 1 amide bonds. The topological polar surface area (TPSA) is 54.3 Å². The smallest absolute Gasteiger partial charge is 0.244 e. The van der Waals surface area contributed by atoms with Gasteiger partial charge in [-0.25, -0.2) is 9.37 Å². The van der Waals surface area contributed by atoms with Gasteiger partial charge >= 0.3 is 0 Å². The second kappa shape index (κ2) is 9.47. The Hall–Kier alpha value is -4.00. The standard InChI is InChI=1S/C27H26FN5O/c1-20-17-22(10-11-23(20)28)25-18-24(21-7-3-2-4-8-21)30-33(25)19-27(34)32-15-13-31(14-16-32)26-9-5-6-12-29-26/h2-12,17-18H,13-16,19H2,1H3. The van der Waals surface area contributed by atoms with Crippen molar-refractivity contribution in [2.75, 3.05) is 31.1 Å². The van der Waals surface area contributed by atoms with Gasteiger partial charge in [0.25, 0.3) is 0 Å². The van der Waals surface area contributed by atoms with Crippen molar-refractivity contribution >= 4 is 11.7 Å². The summed E-state index contributed by atoms with van der Waals surface area (Å²) in [6, 6.07) is 22.7. The number of benzene rings is 2. The van der Waals surface area contributed by atoms with Crippen LogP contribution in [0.5, 0.6) is 0 Å². The van der Waals surface area contributed by atoms with Crippen LogP contribution in [-0.2, 0) is 11.3 Å². The van der Waals surface area contributed by atoms with Crippen molar-refractivity contribution in [3.05, 3.63) is 90.4 Å². The van der Waals surface area contributed by atoms with Crippen LogP contribution in [0.3, 0.4) is 0 Å². The highest BCUT2D eigenvalue weighted by Gasteiger charge is 2.23. The van der Waals surface area contributed by atoms with Crippen molar-refractivity contribution in [1.82, 2.24) is 19.7 Å². The van der Waals surface area contributed by atoms with Gasteiger partial charge in [0, 0.05) is 43.5 Å². The summed E-state index contributed by atoms with van der Waals surface area (Å²) in [5, 5.41) is 4.76. The number of carbonyl (C=O) groups excluding carboxylic acids is 1. The molecule has 1 aliphatic rings. The zero-order valence-electron chi connectivity index (χ0n) is 19.1. The first kappa shape index (κ1) is 21.8. The summed E-state index contributed by atoms with van der Waals surface area (Å²) in [6.07, 6.45) is 1.79. The Labute approximate surface area is 198 Å². The predicted molar refractivity (Wildman–Crippen MR) is 131 cm³/mol. The highest BCUT2D eigenvalue weighted by atomic mass is 19.1. The third-order valence-corrected chi connectivity index (χ3v) is 6.19. The molecular formula is C27H26FN5O. The summed E-state index contributed by atoms with van der Waals surface area (Å²) in [5.74, 6) is 0.701. The molecule has 172 valence electrons. The number of rotatable bonds is 5. The van der Waals surface area contributed by atoms with E-state index in [2.05, 4.69) is 9.88 Å². The number of pyridine rings is 1. The summed E-state index contributed by atoms with van der Waals surface area (Å²) in [5.41, 5.74) is 3.94. The second-order valence-corrected chi connectivity index (χ2v) is 8.46. The Morgan fingerprint density at radius 3 is 2.38 bits per heavy atom. The summed E-state index contributed by atoms with van der Waals surface area (Å²) >= 11 is 0. The van der Waals surface area contributed by atoms with Gasteiger partial charge in [-0.05, 0) is 48.9 Å². The first-order chi connectivity index (χ1) is 16.6. The number of amides is 1. The lowest BCUT2D eigenvalue weighted by atomic mass is 10.1. The lowest BCUT2D eigenvalue weighted by molar-refractivity contribution is -0.132. The molecule has 3 heterocycles. The number of nitrogens with zero attached hydrogens (tertiary/aromatic N) is 5. The van der Waals surface area contributed by atoms with E-state index in [0.29, 0.717) is 18.7 Å². The average Bonchev–Trinajstić information content (AvgIpc) is 3.30. The van der Waals surface area contributed by atoms with E-state index in [1.54, 1.807) is 29.9 Å². The van der Waals surface area contributed by atoms with E-state index in [1.165, 1.54) is 6.07 Å². The number of halogens is 1. The molecule has 0 aliphatic carbocycles. The van der Waals surface area contributed by atoms with E-state index in [9.17, 15) is 9.18 Å². The van der Waals surface area contributed by atoms with Crippen LogP contribution >= 0.6 is 0 Å². The minimum atomic E-state index is -0.250. The average molecular weight is 456 g/mol. The number of carbonyl (C=O) groups is 1. The van der Waals surface area contributed by atoms with E-state index in [4.69, 9.17) is 5.10 Å². The molecule has 0 radical (unpaired) electrons. The Balaban J connectivity index is 1.37. The monoisotopic (exact) mass is 455 g/mol. The predicted octanol–water partition coefficient (Wildman–Crippen LogP) is 4.41. The van der Waals surface area contributed by atoms with Gasteiger partial charge in [-0.2, -0.15) is 5.10 Å². The van der Waals surface area contributed by atoms with E-state index in [1.807, 2.05) is 59.5 Å². The molecule has 0 bridgehead atoms. The normalized spacial score (nSPS) is 13.8. The van der Waals surface area contributed by atoms with Crippen molar-refractivity contribution < 1.29 is 9.18 Å². The third kappa shape index (κ3) is 4.55. The maximum atomic E-state index is 13.9. The molecule has 0 unspecified atom stereocenters. The third-order valence-electron chi connectivity index (χ3n) is 6.19. The van der Waals surface area contributed by atoms with Crippen LogP contribution in [0.4, 0.5) is 10.2 Å². The Bertz CT molecular complexity index is 1280. The zero-order chi connectivity index (χ0) is 23.5. The fourth-order valence-electron chi connectivity index (χ4n) is 4.28. The number of hydrogen-bond acceptors (Lipinski definition) is 4. The fourth-order valence-corrected chi connectivity index (χ4v) is 4.28. The van der Waals surface area contributed by atoms with Gasteiger partial charge in [0.2, 0.25) is 5.91 Å². The SMILES string of the molecule is Cc1cc(-c2cc(-c3ccccc3)nn2CC(=O)N2CCN(c3ccccn3)CC2)ccc1F. The molecule has 5 rings (SSSR count). The van der Waals surface area contributed by atoms with Crippen molar-refractivity contribution in [3.8, 4) is 22.5 Å².